The number of rotatable bonds is 7. The standard InChI is InChI=1S/C19H23N3O3/c1-14(25-19(2,3)4)21-17-9-6-8-16(12-17)20-13-15-7-5-10-18(11-15)22(23)24/h5-12,20-21H,1,13H2,2-4H3. The topological polar surface area (TPSA) is 76.4 Å². The summed E-state index contributed by atoms with van der Waals surface area (Å²) >= 11 is 0. The van der Waals surface area contributed by atoms with Crippen molar-refractivity contribution < 1.29 is 9.66 Å². The van der Waals surface area contributed by atoms with Crippen molar-refractivity contribution in [3.63, 3.8) is 0 Å². The number of hydrogen-bond acceptors (Lipinski definition) is 5. The number of non-ortho nitro benzene ring substituents is 1. The molecule has 2 N–H and O–H groups in total. The van der Waals surface area contributed by atoms with Crippen LogP contribution in [0, 0.1) is 10.1 Å². The molecule has 0 radical (unpaired) electrons. The minimum Gasteiger partial charge on any atom is -0.474 e. The smallest absolute Gasteiger partial charge is 0.269 e. The summed E-state index contributed by atoms with van der Waals surface area (Å²) in [6, 6.07) is 14.2. The van der Waals surface area contributed by atoms with Crippen molar-refractivity contribution in [2.24, 2.45) is 0 Å². The van der Waals surface area contributed by atoms with Crippen molar-refractivity contribution in [3.05, 3.63) is 76.7 Å². The Kier molecular flexibility index (Phi) is 5.64. The Hall–Kier alpha value is -3.02. The van der Waals surface area contributed by atoms with E-state index in [-0.39, 0.29) is 11.3 Å². The van der Waals surface area contributed by atoms with Gasteiger partial charge in [-0.1, -0.05) is 18.2 Å². The normalized spacial score (nSPS) is 10.8. The predicted octanol–water partition coefficient (Wildman–Crippen LogP) is 4.91. The van der Waals surface area contributed by atoms with Crippen LogP contribution in [0.25, 0.3) is 0 Å². The molecule has 0 aliphatic carbocycles. The molecule has 0 fully saturated rings. The maximum atomic E-state index is 10.8. The minimum absolute atomic E-state index is 0.0883. The van der Waals surface area contributed by atoms with Crippen LogP contribution in [-0.2, 0) is 11.3 Å². The highest BCUT2D eigenvalue weighted by Gasteiger charge is 2.12. The fourth-order valence-corrected chi connectivity index (χ4v) is 2.25. The molecule has 0 atom stereocenters. The molecule has 2 rings (SSSR count). The molecule has 0 unspecified atom stereocenters. The van der Waals surface area contributed by atoms with Gasteiger partial charge in [-0.15, -0.1) is 0 Å². The van der Waals surface area contributed by atoms with Gasteiger partial charge in [0.25, 0.3) is 5.69 Å². The van der Waals surface area contributed by atoms with Crippen LogP contribution in [0.2, 0.25) is 0 Å². The number of nitrogens with zero attached hydrogens (tertiary/aromatic N) is 1. The summed E-state index contributed by atoms with van der Waals surface area (Å²) in [6.45, 7) is 10.2. The number of nitro groups is 1. The molecule has 0 heterocycles. The Morgan fingerprint density at radius 1 is 1.16 bits per heavy atom. The molecular weight excluding hydrogens is 318 g/mol. The fraction of sp³-hybridized carbons (Fsp3) is 0.263. The number of ether oxygens (including phenoxy) is 1. The van der Waals surface area contributed by atoms with Gasteiger partial charge in [0.2, 0.25) is 0 Å². The van der Waals surface area contributed by atoms with E-state index >= 15 is 0 Å². The lowest BCUT2D eigenvalue weighted by Crippen LogP contribution is -2.21. The summed E-state index contributed by atoms with van der Waals surface area (Å²) in [5.74, 6) is 0.475. The second-order valence-corrected chi connectivity index (χ2v) is 6.62. The molecule has 0 saturated heterocycles. The van der Waals surface area contributed by atoms with E-state index in [1.807, 2.05) is 51.1 Å². The SMILES string of the molecule is C=C(Nc1cccc(NCc2cccc([N+](=O)[O-])c2)c1)OC(C)(C)C. The van der Waals surface area contributed by atoms with E-state index in [1.54, 1.807) is 12.1 Å². The Balaban J connectivity index is 1.98. The van der Waals surface area contributed by atoms with Gasteiger partial charge in [-0.3, -0.25) is 10.1 Å². The average molecular weight is 341 g/mol. The highest BCUT2D eigenvalue weighted by Crippen LogP contribution is 2.20. The lowest BCUT2D eigenvalue weighted by atomic mass is 10.2. The molecule has 0 aliphatic rings. The van der Waals surface area contributed by atoms with Gasteiger partial charge in [0.15, 0.2) is 5.88 Å². The molecule has 0 amide bonds. The zero-order chi connectivity index (χ0) is 18.4. The van der Waals surface area contributed by atoms with Crippen molar-refractivity contribution in [2.45, 2.75) is 32.9 Å². The van der Waals surface area contributed by atoms with E-state index in [9.17, 15) is 10.1 Å². The van der Waals surface area contributed by atoms with Crippen molar-refractivity contribution in [1.82, 2.24) is 0 Å². The lowest BCUT2D eigenvalue weighted by molar-refractivity contribution is -0.384. The predicted molar refractivity (Wildman–Crippen MR) is 100 cm³/mol. The van der Waals surface area contributed by atoms with Crippen molar-refractivity contribution >= 4 is 17.1 Å². The van der Waals surface area contributed by atoms with Gasteiger partial charge in [-0.05, 0) is 51.1 Å². The van der Waals surface area contributed by atoms with Crippen LogP contribution < -0.4 is 10.6 Å². The quantitative estimate of drug-likeness (QED) is 0.425. The number of nitrogens with one attached hydrogen (secondary N) is 2. The van der Waals surface area contributed by atoms with E-state index in [4.69, 9.17) is 4.74 Å². The van der Waals surface area contributed by atoms with Crippen LogP contribution in [0.1, 0.15) is 26.3 Å². The maximum Gasteiger partial charge on any atom is 0.269 e. The number of benzene rings is 2. The molecule has 0 aromatic heterocycles. The van der Waals surface area contributed by atoms with E-state index in [0.29, 0.717) is 12.4 Å². The molecule has 0 bridgehead atoms. The van der Waals surface area contributed by atoms with E-state index < -0.39 is 4.92 Å². The maximum absolute atomic E-state index is 10.8. The van der Waals surface area contributed by atoms with Gasteiger partial charge in [-0.2, -0.15) is 0 Å². The Bertz CT molecular complexity index is 767. The average Bonchev–Trinajstić information content (AvgIpc) is 2.51. The van der Waals surface area contributed by atoms with Crippen LogP contribution in [0.15, 0.2) is 61.0 Å². The highest BCUT2D eigenvalue weighted by molar-refractivity contribution is 5.58. The van der Waals surface area contributed by atoms with Crippen molar-refractivity contribution in [3.8, 4) is 0 Å². The first-order valence-corrected chi connectivity index (χ1v) is 7.95. The second-order valence-electron chi connectivity index (χ2n) is 6.62. The molecule has 0 saturated carbocycles. The number of nitro benzene ring substituents is 1. The third-order valence-electron chi connectivity index (χ3n) is 3.19. The summed E-state index contributed by atoms with van der Waals surface area (Å²) in [4.78, 5) is 10.4. The summed E-state index contributed by atoms with van der Waals surface area (Å²) in [5, 5.41) is 17.2. The van der Waals surface area contributed by atoms with Crippen molar-refractivity contribution in [1.29, 1.82) is 0 Å². The zero-order valence-electron chi connectivity index (χ0n) is 14.7. The molecule has 6 heteroatoms. The second kappa shape index (κ2) is 7.70. The lowest BCUT2D eigenvalue weighted by Gasteiger charge is -2.23. The largest absolute Gasteiger partial charge is 0.474 e. The molecule has 25 heavy (non-hydrogen) atoms. The van der Waals surface area contributed by atoms with Gasteiger partial charge in [-0.25, -0.2) is 0 Å². The first-order chi connectivity index (χ1) is 11.7. The van der Waals surface area contributed by atoms with E-state index in [2.05, 4.69) is 17.2 Å². The van der Waals surface area contributed by atoms with Gasteiger partial charge in [0.05, 0.1) is 4.92 Å². The highest BCUT2D eigenvalue weighted by atomic mass is 16.6. The number of anilines is 2. The summed E-state index contributed by atoms with van der Waals surface area (Å²) < 4.78 is 5.66. The molecule has 132 valence electrons. The molecule has 0 aliphatic heterocycles. The molecule has 2 aromatic carbocycles. The third kappa shape index (κ3) is 6.18. The fourth-order valence-electron chi connectivity index (χ4n) is 2.25. The Morgan fingerprint density at radius 3 is 2.52 bits per heavy atom. The monoisotopic (exact) mass is 341 g/mol. The number of hydrogen-bond donors (Lipinski definition) is 2. The van der Waals surface area contributed by atoms with E-state index in [0.717, 1.165) is 16.9 Å². The summed E-state index contributed by atoms with van der Waals surface area (Å²) in [7, 11) is 0. The van der Waals surface area contributed by atoms with Crippen LogP contribution in [-0.4, -0.2) is 10.5 Å². The van der Waals surface area contributed by atoms with Crippen LogP contribution in [0.5, 0.6) is 0 Å². The van der Waals surface area contributed by atoms with Gasteiger partial charge in [0, 0.05) is 30.1 Å². The summed E-state index contributed by atoms with van der Waals surface area (Å²) in [6.07, 6.45) is 0. The Labute approximate surface area is 147 Å². The zero-order valence-corrected chi connectivity index (χ0v) is 14.7. The third-order valence-corrected chi connectivity index (χ3v) is 3.19. The molecule has 6 nitrogen and oxygen atoms in total. The first kappa shape index (κ1) is 18.3. The van der Waals surface area contributed by atoms with Gasteiger partial charge < -0.3 is 15.4 Å². The minimum atomic E-state index is -0.394. The van der Waals surface area contributed by atoms with Gasteiger partial charge in [0.1, 0.15) is 5.60 Å². The van der Waals surface area contributed by atoms with Gasteiger partial charge >= 0.3 is 0 Å². The summed E-state index contributed by atoms with van der Waals surface area (Å²) in [5.41, 5.74) is 2.35. The van der Waals surface area contributed by atoms with E-state index in [1.165, 1.54) is 6.07 Å². The van der Waals surface area contributed by atoms with Crippen LogP contribution in [0.4, 0.5) is 17.1 Å². The van der Waals surface area contributed by atoms with Crippen LogP contribution >= 0.6 is 0 Å². The first-order valence-electron chi connectivity index (χ1n) is 7.95. The Morgan fingerprint density at radius 2 is 1.84 bits per heavy atom. The van der Waals surface area contributed by atoms with Crippen LogP contribution in [0.3, 0.4) is 0 Å². The molecular formula is C19H23N3O3. The van der Waals surface area contributed by atoms with Crippen molar-refractivity contribution in [2.75, 3.05) is 10.6 Å². The molecule has 2 aromatic rings. The molecule has 0 spiro atoms.